The maximum Gasteiger partial charge on any atom is 0.319 e. The molecule has 2 aromatic rings. The highest BCUT2D eigenvalue weighted by Gasteiger charge is 2.06. The molecule has 0 aliphatic rings. The zero-order valence-electron chi connectivity index (χ0n) is 13.0. The Kier molecular flexibility index (Phi) is 5.28. The molecule has 2 aromatic carbocycles. The molecule has 0 aliphatic carbocycles. The van der Waals surface area contributed by atoms with Crippen LogP contribution in [0.4, 0.5) is 16.2 Å². The van der Waals surface area contributed by atoms with Gasteiger partial charge in [-0.2, -0.15) is 0 Å². The van der Waals surface area contributed by atoms with E-state index in [1.807, 2.05) is 62.3 Å². The van der Waals surface area contributed by atoms with Crippen molar-refractivity contribution in [3.63, 3.8) is 0 Å². The minimum absolute atomic E-state index is 0.248. The summed E-state index contributed by atoms with van der Waals surface area (Å²) in [4.78, 5) is 14.0. The van der Waals surface area contributed by atoms with Crippen LogP contribution in [-0.2, 0) is 6.54 Å². The third-order valence-corrected chi connectivity index (χ3v) is 3.83. The van der Waals surface area contributed by atoms with E-state index in [0.717, 1.165) is 16.8 Å². The summed E-state index contributed by atoms with van der Waals surface area (Å²) >= 11 is 6.03. The molecular weight excluding hydrogens is 298 g/mol. The maximum absolute atomic E-state index is 12.0. The second kappa shape index (κ2) is 7.18. The molecule has 0 unspecified atom stereocenters. The van der Waals surface area contributed by atoms with E-state index in [4.69, 9.17) is 11.6 Å². The van der Waals surface area contributed by atoms with Crippen molar-refractivity contribution in [3.8, 4) is 0 Å². The van der Waals surface area contributed by atoms with Gasteiger partial charge in [0.15, 0.2) is 0 Å². The Hall–Kier alpha value is -2.20. The Morgan fingerprint density at radius 1 is 1.14 bits per heavy atom. The fourth-order valence-corrected chi connectivity index (χ4v) is 2.18. The highest BCUT2D eigenvalue weighted by atomic mass is 35.5. The number of carbonyl (C=O) groups excluding carboxylic acids is 1. The number of amides is 2. The van der Waals surface area contributed by atoms with Gasteiger partial charge in [0.05, 0.1) is 0 Å². The molecule has 0 bridgehead atoms. The van der Waals surface area contributed by atoms with Gasteiger partial charge in [-0.25, -0.2) is 4.79 Å². The van der Waals surface area contributed by atoms with E-state index in [2.05, 4.69) is 10.6 Å². The van der Waals surface area contributed by atoms with Crippen LogP contribution in [0, 0.1) is 6.92 Å². The van der Waals surface area contributed by atoms with Crippen molar-refractivity contribution in [1.82, 2.24) is 5.32 Å². The topological polar surface area (TPSA) is 44.4 Å². The summed E-state index contributed by atoms with van der Waals surface area (Å²) in [6.45, 7) is 2.34. The van der Waals surface area contributed by atoms with Crippen LogP contribution in [0.5, 0.6) is 0 Å². The normalized spacial score (nSPS) is 10.2. The summed E-state index contributed by atoms with van der Waals surface area (Å²) < 4.78 is 0. The van der Waals surface area contributed by atoms with Crippen LogP contribution in [0.1, 0.15) is 11.1 Å². The Morgan fingerprint density at radius 2 is 1.82 bits per heavy atom. The average Bonchev–Trinajstić information content (AvgIpc) is 2.50. The smallest absolute Gasteiger partial charge is 0.319 e. The first kappa shape index (κ1) is 16.2. The molecule has 0 fully saturated rings. The molecule has 0 atom stereocenters. The van der Waals surface area contributed by atoms with E-state index < -0.39 is 0 Å². The molecule has 0 saturated carbocycles. The van der Waals surface area contributed by atoms with Gasteiger partial charge in [-0.1, -0.05) is 29.8 Å². The second-order valence-electron chi connectivity index (χ2n) is 5.28. The molecule has 2 amide bonds. The zero-order chi connectivity index (χ0) is 16.1. The lowest BCUT2D eigenvalue weighted by atomic mass is 10.2. The van der Waals surface area contributed by atoms with E-state index in [0.29, 0.717) is 17.3 Å². The molecule has 0 spiro atoms. The molecule has 2 N–H and O–H groups in total. The van der Waals surface area contributed by atoms with Gasteiger partial charge in [0, 0.05) is 37.0 Å². The molecule has 2 rings (SSSR count). The Labute approximate surface area is 136 Å². The van der Waals surface area contributed by atoms with Crippen LogP contribution in [0.2, 0.25) is 5.02 Å². The van der Waals surface area contributed by atoms with Crippen LogP contribution in [-0.4, -0.2) is 20.1 Å². The van der Waals surface area contributed by atoms with Crippen molar-refractivity contribution in [2.75, 3.05) is 24.3 Å². The first-order chi connectivity index (χ1) is 10.5. The number of carbonyl (C=O) groups is 1. The lowest BCUT2D eigenvalue weighted by molar-refractivity contribution is 0.251. The van der Waals surface area contributed by atoms with E-state index in [-0.39, 0.29) is 6.03 Å². The predicted octanol–water partition coefficient (Wildman–Crippen LogP) is 4.04. The lowest BCUT2D eigenvalue weighted by Crippen LogP contribution is -2.28. The number of hydrogen-bond donors (Lipinski definition) is 2. The second-order valence-corrected chi connectivity index (χ2v) is 5.69. The van der Waals surface area contributed by atoms with Crippen molar-refractivity contribution in [2.24, 2.45) is 0 Å². The Bertz CT molecular complexity index is 653. The third-order valence-electron chi connectivity index (χ3n) is 3.42. The van der Waals surface area contributed by atoms with Crippen molar-refractivity contribution < 1.29 is 4.79 Å². The van der Waals surface area contributed by atoms with Crippen molar-refractivity contribution >= 4 is 29.0 Å². The third kappa shape index (κ3) is 4.15. The molecule has 0 aromatic heterocycles. The van der Waals surface area contributed by atoms with Crippen LogP contribution >= 0.6 is 11.6 Å². The Morgan fingerprint density at radius 3 is 2.45 bits per heavy atom. The summed E-state index contributed by atoms with van der Waals surface area (Å²) in [6, 6.07) is 13.2. The predicted molar refractivity (Wildman–Crippen MR) is 92.8 cm³/mol. The van der Waals surface area contributed by atoms with Crippen molar-refractivity contribution in [2.45, 2.75) is 13.5 Å². The fraction of sp³-hybridized carbons (Fsp3) is 0.235. The first-order valence-electron chi connectivity index (χ1n) is 7.03. The summed E-state index contributed by atoms with van der Waals surface area (Å²) in [6.07, 6.45) is 0. The standard InChI is InChI=1S/C17H20ClN3O/c1-12-15(18)5-4-6-16(12)20-17(22)19-11-13-7-9-14(10-8-13)21(2)3/h4-10H,11H2,1-3H3,(H2,19,20,22). The van der Waals surface area contributed by atoms with Gasteiger partial charge in [-0.05, 0) is 42.3 Å². The number of nitrogens with zero attached hydrogens (tertiary/aromatic N) is 1. The highest BCUT2D eigenvalue weighted by molar-refractivity contribution is 6.31. The number of halogens is 1. The lowest BCUT2D eigenvalue weighted by Gasteiger charge is -2.13. The number of hydrogen-bond acceptors (Lipinski definition) is 2. The van der Waals surface area contributed by atoms with E-state index in [9.17, 15) is 4.79 Å². The van der Waals surface area contributed by atoms with Crippen LogP contribution < -0.4 is 15.5 Å². The summed E-state index contributed by atoms with van der Waals surface area (Å²) in [5.41, 5.74) is 3.74. The molecule has 116 valence electrons. The van der Waals surface area contributed by atoms with Gasteiger partial charge in [0.1, 0.15) is 0 Å². The van der Waals surface area contributed by atoms with Crippen LogP contribution in [0.3, 0.4) is 0 Å². The minimum Gasteiger partial charge on any atom is -0.378 e. The van der Waals surface area contributed by atoms with E-state index in [1.165, 1.54) is 0 Å². The molecule has 0 radical (unpaired) electrons. The monoisotopic (exact) mass is 317 g/mol. The number of anilines is 2. The molecular formula is C17H20ClN3O. The molecule has 4 nitrogen and oxygen atoms in total. The number of rotatable bonds is 4. The largest absolute Gasteiger partial charge is 0.378 e. The van der Waals surface area contributed by atoms with Gasteiger partial charge >= 0.3 is 6.03 Å². The summed E-state index contributed by atoms with van der Waals surface area (Å²) in [5.74, 6) is 0. The van der Waals surface area contributed by atoms with Gasteiger partial charge in [-0.3, -0.25) is 0 Å². The Balaban J connectivity index is 1.91. The summed E-state index contributed by atoms with van der Waals surface area (Å²) in [5, 5.41) is 6.28. The summed E-state index contributed by atoms with van der Waals surface area (Å²) in [7, 11) is 3.99. The maximum atomic E-state index is 12.0. The zero-order valence-corrected chi connectivity index (χ0v) is 13.7. The molecule has 22 heavy (non-hydrogen) atoms. The van der Waals surface area contributed by atoms with Gasteiger partial charge in [-0.15, -0.1) is 0 Å². The SMILES string of the molecule is Cc1c(Cl)cccc1NC(=O)NCc1ccc(N(C)C)cc1. The van der Waals surface area contributed by atoms with Crippen LogP contribution in [0.15, 0.2) is 42.5 Å². The van der Waals surface area contributed by atoms with E-state index in [1.54, 1.807) is 6.07 Å². The van der Waals surface area contributed by atoms with Gasteiger partial charge < -0.3 is 15.5 Å². The fourth-order valence-electron chi connectivity index (χ4n) is 2.00. The molecule has 0 aliphatic heterocycles. The number of benzene rings is 2. The quantitative estimate of drug-likeness (QED) is 0.894. The van der Waals surface area contributed by atoms with Crippen LogP contribution in [0.25, 0.3) is 0 Å². The van der Waals surface area contributed by atoms with Crippen molar-refractivity contribution in [1.29, 1.82) is 0 Å². The van der Waals surface area contributed by atoms with Crippen molar-refractivity contribution in [3.05, 3.63) is 58.6 Å². The number of urea groups is 1. The number of nitrogens with one attached hydrogen (secondary N) is 2. The minimum atomic E-state index is -0.248. The molecule has 0 heterocycles. The first-order valence-corrected chi connectivity index (χ1v) is 7.41. The average molecular weight is 318 g/mol. The molecule has 5 heteroatoms. The highest BCUT2D eigenvalue weighted by Crippen LogP contribution is 2.22. The van der Waals surface area contributed by atoms with Gasteiger partial charge in [0.25, 0.3) is 0 Å². The van der Waals surface area contributed by atoms with E-state index >= 15 is 0 Å². The van der Waals surface area contributed by atoms with Gasteiger partial charge in [0.2, 0.25) is 0 Å². The molecule has 0 saturated heterocycles.